The van der Waals surface area contributed by atoms with Gasteiger partial charge in [-0.3, -0.25) is 9.59 Å². The molecule has 2 heterocycles. The third-order valence-electron chi connectivity index (χ3n) is 5.17. The van der Waals surface area contributed by atoms with Gasteiger partial charge < -0.3 is 15.2 Å². The van der Waals surface area contributed by atoms with E-state index in [1.165, 1.54) is 11.8 Å². The lowest BCUT2D eigenvalue weighted by Gasteiger charge is -2.22. The predicted octanol–water partition coefficient (Wildman–Crippen LogP) is 4.17. The Labute approximate surface area is 198 Å². The lowest BCUT2D eigenvalue weighted by molar-refractivity contribution is -0.113. The van der Waals surface area contributed by atoms with Crippen LogP contribution in [0.3, 0.4) is 0 Å². The largest absolute Gasteiger partial charge is 0.342 e. The van der Waals surface area contributed by atoms with Crippen LogP contribution in [0.15, 0.2) is 47.8 Å². The number of anilines is 1. The topological polar surface area (TPSA) is 102 Å². The molecule has 8 nitrogen and oxygen atoms in total. The van der Waals surface area contributed by atoms with Gasteiger partial charge in [-0.2, -0.15) is 0 Å². The molecule has 0 bridgehead atoms. The zero-order valence-electron chi connectivity index (χ0n) is 19.6. The molecule has 3 aromatic rings. The van der Waals surface area contributed by atoms with Gasteiger partial charge in [0.25, 0.3) is 5.91 Å². The van der Waals surface area contributed by atoms with E-state index in [9.17, 15) is 9.59 Å². The van der Waals surface area contributed by atoms with Crippen molar-refractivity contribution < 1.29 is 9.59 Å². The van der Waals surface area contributed by atoms with Gasteiger partial charge in [-0.15, -0.1) is 10.2 Å². The van der Waals surface area contributed by atoms with E-state index in [0.29, 0.717) is 28.9 Å². The Balaban J connectivity index is 1.72. The highest BCUT2D eigenvalue weighted by Crippen LogP contribution is 2.26. The smallest absolute Gasteiger partial charge is 0.251 e. The molecule has 1 unspecified atom stereocenters. The molecule has 174 valence electrons. The number of aromatic nitrogens is 4. The van der Waals surface area contributed by atoms with E-state index in [1.807, 2.05) is 69.5 Å². The first-order valence-electron chi connectivity index (χ1n) is 10.9. The summed E-state index contributed by atoms with van der Waals surface area (Å²) in [5.74, 6) is 1.19. The van der Waals surface area contributed by atoms with Crippen LogP contribution in [0.5, 0.6) is 0 Å². The molecule has 0 saturated carbocycles. The second-order valence-electron chi connectivity index (χ2n) is 8.16. The molecule has 1 aromatic carbocycles. The maximum atomic E-state index is 12.9. The second-order valence-corrected chi connectivity index (χ2v) is 9.10. The number of aryl methyl sites for hydroxylation is 2. The third-order valence-corrected chi connectivity index (χ3v) is 6.14. The van der Waals surface area contributed by atoms with Crippen LogP contribution in [-0.2, 0) is 11.3 Å². The Bertz CT molecular complexity index is 1130. The summed E-state index contributed by atoms with van der Waals surface area (Å²) in [5, 5.41) is 15.3. The molecule has 0 aliphatic carbocycles. The van der Waals surface area contributed by atoms with E-state index in [1.54, 1.807) is 12.3 Å². The van der Waals surface area contributed by atoms with Crippen LogP contribution in [0.2, 0.25) is 0 Å². The molecule has 2 N–H and O–H groups in total. The Hall–Kier alpha value is -3.20. The summed E-state index contributed by atoms with van der Waals surface area (Å²) in [6.45, 7) is 10.5. The Morgan fingerprint density at radius 3 is 2.58 bits per heavy atom. The van der Waals surface area contributed by atoms with Crippen molar-refractivity contribution in [2.24, 2.45) is 5.92 Å². The first-order chi connectivity index (χ1) is 15.8. The molecule has 33 heavy (non-hydrogen) atoms. The highest BCUT2D eigenvalue weighted by Gasteiger charge is 2.26. The average Bonchev–Trinajstić information content (AvgIpc) is 3.19. The van der Waals surface area contributed by atoms with Crippen LogP contribution in [0.1, 0.15) is 54.1 Å². The third kappa shape index (κ3) is 6.19. The van der Waals surface area contributed by atoms with Gasteiger partial charge in [-0.1, -0.05) is 49.4 Å². The van der Waals surface area contributed by atoms with Crippen LogP contribution in [0.4, 0.5) is 5.82 Å². The molecule has 9 heteroatoms. The minimum Gasteiger partial charge on any atom is -0.342 e. The normalized spacial score (nSPS) is 11.9. The zero-order valence-corrected chi connectivity index (χ0v) is 20.4. The van der Waals surface area contributed by atoms with Crippen LogP contribution >= 0.6 is 11.8 Å². The molecule has 2 amide bonds. The lowest BCUT2D eigenvalue weighted by atomic mass is 10.0. The molecule has 0 radical (unpaired) electrons. The zero-order chi connectivity index (χ0) is 24.0. The molecule has 3 rings (SSSR count). The first-order valence-corrected chi connectivity index (χ1v) is 11.9. The number of pyridine rings is 1. The fraction of sp³-hybridized carbons (Fsp3) is 0.375. The van der Waals surface area contributed by atoms with Crippen LogP contribution < -0.4 is 10.6 Å². The minimum atomic E-state index is -0.315. The Morgan fingerprint density at radius 2 is 1.91 bits per heavy atom. The molecule has 2 aromatic heterocycles. The van der Waals surface area contributed by atoms with Crippen molar-refractivity contribution in [2.45, 2.75) is 52.4 Å². The van der Waals surface area contributed by atoms with E-state index in [-0.39, 0.29) is 29.5 Å². The fourth-order valence-corrected chi connectivity index (χ4v) is 4.20. The van der Waals surface area contributed by atoms with E-state index < -0.39 is 0 Å². The van der Waals surface area contributed by atoms with Crippen molar-refractivity contribution in [3.8, 4) is 0 Å². The van der Waals surface area contributed by atoms with Gasteiger partial charge in [0.2, 0.25) is 5.91 Å². The number of nitrogens with one attached hydrogen (secondary N) is 2. The quantitative estimate of drug-likeness (QED) is 0.459. The number of benzene rings is 1. The summed E-state index contributed by atoms with van der Waals surface area (Å²) >= 11 is 1.31. The summed E-state index contributed by atoms with van der Waals surface area (Å²) in [4.78, 5) is 29.5. The number of hydrogen-bond donors (Lipinski definition) is 2. The molecule has 0 spiro atoms. The average molecular weight is 467 g/mol. The van der Waals surface area contributed by atoms with Crippen LogP contribution in [0.25, 0.3) is 0 Å². The number of nitrogens with zero attached hydrogens (tertiary/aromatic N) is 4. The molecule has 0 aliphatic heterocycles. The number of thioether (sulfide) groups is 1. The van der Waals surface area contributed by atoms with Crippen molar-refractivity contribution in [1.29, 1.82) is 0 Å². The summed E-state index contributed by atoms with van der Waals surface area (Å²) < 4.78 is 1.95. The maximum Gasteiger partial charge on any atom is 0.251 e. The van der Waals surface area contributed by atoms with E-state index in [4.69, 9.17) is 0 Å². The van der Waals surface area contributed by atoms with E-state index >= 15 is 0 Å². The summed E-state index contributed by atoms with van der Waals surface area (Å²) in [7, 11) is 0. The number of carbonyl (C=O) groups is 2. The van der Waals surface area contributed by atoms with Crippen molar-refractivity contribution in [1.82, 2.24) is 25.1 Å². The molecular weight excluding hydrogens is 436 g/mol. The predicted molar refractivity (Wildman–Crippen MR) is 130 cm³/mol. The highest BCUT2D eigenvalue weighted by atomic mass is 32.2. The molecule has 0 aliphatic rings. The lowest BCUT2D eigenvalue weighted by Crippen LogP contribution is -2.33. The van der Waals surface area contributed by atoms with Crippen molar-refractivity contribution in [3.05, 3.63) is 65.1 Å². The first kappa shape index (κ1) is 24.4. The standard InChI is InChI=1S/C24H30N6O2S/c1-6-30-22(20(15(2)3)27-23(32)18-11-7-9-16(4)13-18)28-29-24(30)33-14-19(31)26-21-17(5)10-8-12-25-21/h7-13,15,20H,6,14H2,1-5H3,(H,27,32)(H,25,26,31). The minimum absolute atomic E-state index is 0.0986. The van der Waals surface area contributed by atoms with Crippen LogP contribution in [-0.4, -0.2) is 37.3 Å². The summed E-state index contributed by atoms with van der Waals surface area (Å²) in [6, 6.07) is 10.9. The Kier molecular flexibility index (Phi) is 8.21. The highest BCUT2D eigenvalue weighted by molar-refractivity contribution is 7.99. The van der Waals surface area contributed by atoms with Gasteiger partial charge in [0.15, 0.2) is 11.0 Å². The van der Waals surface area contributed by atoms with Gasteiger partial charge in [0, 0.05) is 18.3 Å². The van der Waals surface area contributed by atoms with Crippen molar-refractivity contribution in [3.63, 3.8) is 0 Å². The monoisotopic (exact) mass is 466 g/mol. The maximum absolute atomic E-state index is 12.9. The fourth-order valence-electron chi connectivity index (χ4n) is 3.39. The summed E-state index contributed by atoms with van der Waals surface area (Å²) in [6.07, 6.45) is 1.65. The summed E-state index contributed by atoms with van der Waals surface area (Å²) in [5.41, 5.74) is 2.54. The van der Waals surface area contributed by atoms with Gasteiger partial charge >= 0.3 is 0 Å². The van der Waals surface area contributed by atoms with Crippen molar-refractivity contribution >= 4 is 29.4 Å². The number of hydrogen-bond acceptors (Lipinski definition) is 6. The number of carbonyl (C=O) groups excluding carboxylic acids is 2. The second kappa shape index (κ2) is 11.1. The van der Waals surface area contributed by atoms with Gasteiger partial charge in [-0.05, 0) is 50.5 Å². The van der Waals surface area contributed by atoms with E-state index in [2.05, 4.69) is 25.8 Å². The number of rotatable bonds is 9. The molecule has 0 fully saturated rings. The molecule has 0 saturated heterocycles. The van der Waals surface area contributed by atoms with Crippen LogP contribution in [0, 0.1) is 19.8 Å². The number of amides is 2. The van der Waals surface area contributed by atoms with E-state index in [0.717, 1.165) is 11.1 Å². The SMILES string of the molecule is CCn1c(SCC(=O)Nc2ncccc2C)nnc1C(NC(=O)c1cccc(C)c1)C(C)C. The van der Waals surface area contributed by atoms with Gasteiger partial charge in [0.1, 0.15) is 5.82 Å². The molecule has 1 atom stereocenters. The van der Waals surface area contributed by atoms with Gasteiger partial charge in [-0.25, -0.2) is 4.98 Å². The van der Waals surface area contributed by atoms with Gasteiger partial charge in [0.05, 0.1) is 11.8 Å². The van der Waals surface area contributed by atoms with Crippen molar-refractivity contribution in [2.75, 3.05) is 11.1 Å². The Morgan fingerprint density at radius 1 is 1.12 bits per heavy atom. The molecular formula is C24H30N6O2S.